The van der Waals surface area contributed by atoms with Crippen molar-refractivity contribution in [2.75, 3.05) is 39.3 Å². The summed E-state index contributed by atoms with van der Waals surface area (Å²) in [6, 6.07) is 2.56. The predicted octanol–water partition coefficient (Wildman–Crippen LogP) is 4.40. The molecule has 2 aliphatic heterocycles. The SMILES string of the molecule is Cl.O=C(c1oc([N+](=O)[O-])cc1CCN1CCCCC1)c1oc([N+](=O)[O-])cc1CCN1CCCCC1. The number of furan rings is 2. The van der Waals surface area contributed by atoms with Gasteiger partial charge < -0.3 is 18.6 Å². The van der Waals surface area contributed by atoms with Crippen molar-refractivity contribution in [3.8, 4) is 0 Å². The number of halogens is 1. The van der Waals surface area contributed by atoms with Gasteiger partial charge in [0.05, 0.1) is 12.1 Å². The minimum atomic E-state index is -0.691. The van der Waals surface area contributed by atoms with Gasteiger partial charge in [0, 0.05) is 24.2 Å². The second-order valence-corrected chi connectivity index (χ2v) is 9.03. The Morgan fingerprint density at radius 3 is 1.46 bits per heavy atom. The van der Waals surface area contributed by atoms with Crippen molar-refractivity contribution in [3.05, 3.63) is 55.0 Å². The van der Waals surface area contributed by atoms with E-state index in [1.54, 1.807) is 0 Å². The number of likely N-dealkylation sites (tertiary alicyclic amines) is 2. The van der Waals surface area contributed by atoms with Crippen LogP contribution in [0.15, 0.2) is 21.0 Å². The Bertz CT molecular complexity index is 959. The largest absolute Gasteiger partial charge is 0.433 e. The van der Waals surface area contributed by atoms with Crippen LogP contribution in [0.5, 0.6) is 0 Å². The first kappa shape index (κ1) is 26.8. The molecule has 0 bridgehead atoms. The van der Waals surface area contributed by atoms with Gasteiger partial charge in [-0.2, -0.15) is 0 Å². The van der Waals surface area contributed by atoms with Gasteiger partial charge in [-0.25, -0.2) is 0 Å². The lowest BCUT2D eigenvalue weighted by Gasteiger charge is -2.26. The smallest absolute Gasteiger partial charge is 0.397 e. The zero-order valence-corrected chi connectivity index (χ0v) is 20.4. The molecule has 192 valence electrons. The third kappa shape index (κ3) is 6.68. The van der Waals surface area contributed by atoms with Gasteiger partial charge in [-0.05, 0) is 64.7 Å². The number of carbonyl (C=O) groups excluding carboxylic acids is 1. The van der Waals surface area contributed by atoms with Crippen LogP contribution < -0.4 is 0 Å². The highest BCUT2D eigenvalue weighted by molar-refractivity contribution is 6.07. The van der Waals surface area contributed by atoms with Crippen LogP contribution in [-0.2, 0) is 12.8 Å². The Kier molecular flexibility index (Phi) is 9.41. The molecule has 0 spiro atoms. The zero-order valence-electron chi connectivity index (χ0n) is 19.6. The Morgan fingerprint density at radius 2 is 1.11 bits per heavy atom. The summed E-state index contributed by atoms with van der Waals surface area (Å²) in [6.45, 7) is 5.11. The number of nitrogens with zero attached hydrogens (tertiary/aromatic N) is 4. The summed E-state index contributed by atoms with van der Waals surface area (Å²) in [5, 5.41) is 22.7. The molecule has 0 N–H and O–H groups in total. The van der Waals surface area contributed by atoms with Crippen LogP contribution in [0.4, 0.5) is 11.8 Å². The Balaban J connectivity index is 0.00000342. The minimum Gasteiger partial charge on any atom is -0.397 e. The third-order valence-electron chi connectivity index (χ3n) is 6.66. The van der Waals surface area contributed by atoms with E-state index in [0.29, 0.717) is 37.1 Å². The van der Waals surface area contributed by atoms with E-state index in [-0.39, 0.29) is 23.9 Å². The van der Waals surface area contributed by atoms with Crippen molar-refractivity contribution in [2.24, 2.45) is 0 Å². The molecule has 2 aliphatic rings. The van der Waals surface area contributed by atoms with Crippen molar-refractivity contribution < 1.29 is 23.5 Å². The maximum Gasteiger partial charge on any atom is 0.433 e. The van der Waals surface area contributed by atoms with Crippen molar-refractivity contribution in [2.45, 2.75) is 51.4 Å². The van der Waals surface area contributed by atoms with Crippen molar-refractivity contribution in [1.82, 2.24) is 9.80 Å². The lowest BCUT2D eigenvalue weighted by molar-refractivity contribution is -0.402. The molecular formula is C23H31ClN4O7. The second-order valence-electron chi connectivity index (χ2n) is 9.03. The summed E-state index contributed by atoms with van der Waals surface area (Å²) in [5.41, 5.74) is 0.839. The molecule has 4 heterocycles. The molecule has 0 unspecified atom stereocenters. The highest BCUT2D eigenvalue weighted by atomic mass is 35.5. The normalized spacial score (nSPS) is 17.1. The third-order valence-corrected chi connectivity index (χ3v) is 6.66. The van der Waals surface area contributed by atoms with Crippen molar-refractivity contribution in [1.29, 1.82) is 0 Å². The zero-order chi connectivity index (χ0) is 24.1. The van der Waals surface area contributed by atoms with Gasteiger partial charge in [0.25, 0.3) is 5.78 Å². The van der Waals surface area contributed by atoms with E-state index >= 15 is 0 Å². The molecule has 12 heteroatoms. The fraction of sp³-hybridized carbons (Fsp3) is 0.609. The molecule has 35 heavy (non-hydrogen) atoms. The fourth-order valence-electron chi connectivity index (χ4n) is 4.79. The van der Waals surface area contributed by atoms with Crippen LogP contribution >= 0.6 is 12.4 Å². The monoisotopic (exact) mass is 510 g/mol. The molecule has 0 amide bonds. The summed E-state index contributed by atoms with van der Waals surface area (Å²) < 4.78 is 10.7. The van der Waals surface area contributed by atoms with E-state index < -0.39 is 27.4 Å². The highest BCUT2D eigenvalue weighted by Crippen LogP contribution is 2.30. The first-order chi connectivity index (χ1) is 16.4. The molecule has 0 radical (unpaired) electrons. The summed E-state index contributed by atoms with van der Waals surface area (Å²) in [4.78, 5) is 39.3. The molecule has 2 saturated heterocycles. The molecule has 2 aromatic heterocycles. The van der Waals surface area contributed by atoms with Gasteiger partial charge in [0.1, 0.15) is 9.85 Å². The number of carbonyl (C=O) groups is 1. The van der Waals surface area contributed by atoms with E-state index in [4.69, 9.17) is 8.83 Å². The summed E-state index contributed by atoms with van der Waals surface area (Å²) >= 11 is 0. The maximum atomic E-state index is 13.4. The lowest BCUT2D eigenvalue weighted by Crippen LogP contribution is -2.31. The van der Waals surface area contributed by atoms with Gasteiger partial charge in [-0.1, -0.05) is 12.8 Å². The molecule has 2 aromatic rings. The van der Waals surface area contributed by atoms with Crippen LogP contribution in [0.3, 0.4) is 0 Å². The molecule has 0 atom stereocenters. The fourth-order valence-corrected chi connectivity index (χ4v) is 4.79. The molecule has 4 rings (SSSR count). The molecule has 11 nitrogen and oxygen atoms in total. The van der Waals surface area contributed by atoms with Crippen LogP contribution in [0.2, 0.25) is 0 Å². The van der Waals surface area contributed by atoms with E-state index in [0.717, 1.165) is 51.9 Å². The van der Waals surface area contributed by atoms with Gasteiger partial charge >= 0.3 is 11.8 Å². The number of nitro groups is 2. The van der Waals surface area contributed by atoms with E-state index in [1.165, 1.54) is 25.0 Å². The van der Waals surface area contributed by atoms with Crippen LogP contribution in [0.1, 0.15) is 66.0 Å². The van der Waals surface area contributed by atoms with Gasteiger partial charge in [-0.3, -0.25) is 25.0 Å². The average molecular weight is 511 g/mol. The Morgan fingerprint density at radius 1 is 0.743 bits per heavy atom. The minimum absolute atomic E-state index is 0. The number of ketones is 1. The van der Waals surface area contributed by atoms with Gasteiger partial charge in [0.15, 0.2) is 11.5 Å². The first-order valence-electron chi connectivity index (χ1n) is 12.0. The van der Waals surface area contributed by atoms with Crippen molar-refractivity contribution in [3.63, 3.8) is 0 Å². The molecule has 0 aliphatic carbocycles. The first-order valence-corrected chi connectivity index (χ1v) is 12.0. The van der Waals surface area contributed by atoms with Crippen LogP contribution in [-0.4, -0.2) is 64.7 Å². The number of hydrogen-bond donors (Lipinski definition) is 0. The van der Waals surface area contributed by atoms with Crippen LogP contribution in [0, 0.1) is 20.2 Å². The quantitative estimate of drug-likeness (QED) is 0.258. The lowest BCUT2D eigenvalue weighted by atomic mass is 10.0. The van der Waals surface area contributed by atoms with E-state index in [9.17, 15) is 25.0 Å². The van der Waals surface area contributed by atoms with E-state index in [1.807, 2.05) is 0 Å². The molecule has 0 saturated carbocycles. The summed E-state index contributed by atoms with van der Waals surface area (Å²) in [5.74, 6) is -2.08. The Labute approximate surface area is 209 Å². The summed E-state index contributed by atoms with van der Waals surface area (Å²) in [7, 11) is 0. The molecule has 2 fully saturated rings. The highest BCUT2D eigenvalue weighted by Gasteiger charge is 2.31. The molecule has 0 aromatic carbocycles. The van der Waals surface area contributed by atoms with Crippen LogP contribution in [0.25, 0.3) is 0 Å². The maximum absolute atomic E-state index is 13.4. The second kappa shape index (κ2) is 12.3. The molecular weight excluding hydrogens is 480 g/mol. The number of hydrogen-bond acceptors (Lipinski definition) is 9. The standard InChI is InChI=1S/C23H30N4O7.ClH/c28-21(22-17(15-19(33-22)26(29)30)7-13-24-9-3-1-4-10-24)23-18(16-20(34-23)27(31)32)8-14-25-11-5-2-6-12-25;/h15-16H,1-14H2;1H. The number of rotatable bonds is 10. The average Bonchev–Trinajstić information content (AvgIpc) is 3.47. The Hall–Kier alpha value is -2.76. The topological polar surface area (TPSA) is 136 Å². The summed E-state index contributed by atoms with van der Waals surface area (Å²) in [6.07, 6.45) is 7.61. The van der Waals surface area contributed by atoms with E-state index in [2.05, 4.69) is 9.80 Å². The van der Waals surface area contributed by atoms with Gasteiger partial charge in [-0.15, -0.1) is 12.4 Å². The van der Waals surface area contributed by atoms with Crippen molar-refractivity contribution >= 4 is 30.0 Å². The predicted molar refractivity (Wildman–Crippen MR) is 129 cm³/mol. The number of piperidine rings is 2. The van der Waals surface area contributed by atoms with Gasteiger partial charge in [0.2, 0.25) is 0 Å².